The first-order valence-corrected chi connectivity index (χ1v) is 10.4. The number of rotatable bonds is 2. The molecule has 1 amide bonds. The van der Waals surface area contributed by atoms with E-state index >= 15 is 0 Å². The van der Waals surface area contributed by atoms with Crippen LogP contribution in [0.1, 0.15) is 22.9 Å². The van der Waals surface area contributed by atoms with E-state index in [1.165, 1.54) is 10.9 Å². The smallest absolute Gasteiger partial charge is 0.240 e. The molecule has 0 bridgehead atoms. The van der Waals surface area contributed by atoms with Gasteiger partial charge in [0, 0.05) is 29.7 Å². The lowest BCUT2D eigenvalue weighted by molar-refractivity contribution is -0.137. The fraction of sp³-hybridized carbons (Fsp3) is 0.348. The van der Waals surface area contributed by atoms with Gasteiger partial charge in [0.25, 0.3) is 0 Å². The summed E-state index contributed by atoms with van der Waals surface area (Å²) in [5.74, 6) is 1.64. The number of amides is 1. The molecule has 4 heterocycles. The van der Waals surface area contributed by atoms with Gasteiger partial charge in [0.15, 0.2) is 11.5 Å². The second-order valence-corrected chi connectivity index (χ2v) is 7.97. The average Bonchev–Trinajstić information content (AvgIpc) is 3.42. The van der Waals surface area contributed by atoms with Gasteiger partial charge < -0.3 is 24.1 Å². The first-order valence-electron chi connectivity index (χ1n) is 10.4. The maximum absolute atomic E-state index is 13.3. The van der Waals surface area contributed by atoms with Gasteiger partial charge >= 0.3 is 0 Å². The minimum atomic E-state index is -0.287. The van der Waals surface area contributed by atoms with Gasteiger partial charge in [-0.15, -0.1) is 0 Å². The van der Waals surface area contributed by atoms with E-state index in [1.54, 1.807) is 0 Å². The highest BCUT2D eigenvalue weighted by atomic mass is 16.7. The van der Waals surface area contributed by atoms with Crippen LogP contribution in [-0.4, -0.2) is 54.9 Å². The third kappa shape index (κ3) is 2.85. The number of H-pyrrole nitrogens is 1. The number of carbonyl (C=O) groups is 1. The van der Waals surface area contributed by atoms with Gasteiger partial charge in [0.05, 0.1) is 25.3 Å². The van der Waals surface area contributed by atoms with E-state index in [9.17, 15) is 4.79 Å². The fourth-order valence-corrected chi connectivity index (χ4v) is 4.75. The molecule has 3 aliphatic rings. The van der Waals surface area contributed by atoms with Crippen LogP contribution in [0.2, 0.25) is 0 Å². The van der Waals surface area contributed by atoms with Gasteiger partial charge in [0.1, 0.15) is 0 Å². The largest absolute Gasteiger partial charge is 0.454 e. The highest BCUT2D eigenvalue weighted by Gasteiger charge is 2.36. The monoisotopic (exact) mass is 405 g/mol. The van der Waals surface area contributed by atoms with E-state index in [1.807, 2.05) is 35.2 Å². The predicted molar refractivity (Wildman–Crippen MR) is 111 cm³/mol. The SMILES string of the molecule is O=C([C@@H]1Cc2c([nH]c3ccccc23)[C@@H](c2ccc3c(c2)OCO3)N1)N1CCOCC1. The molecular weight excluding hydrogens is 382 g/mol. The second kappa shape index (κ2) is 7.04. The summed E-state index contributed by atoms with van der Waals surface area (Å²) in [6, 6.07) is 13.9. The topological polar surface area (TPSA) is 75.8 Å². The molecule has 1 aromatic heterocycles. The Balaban J connectivity index is 1.42. The van der Waals surface area contributed by atoms with Crippen LogP contribution in [0.25, 0.3) is 10.9 Å². The first kappa shape index (κ1) is 17.8. The van der Waals surface area contributed by atoms with Crippen molar-refractivity contribution in [3.63, 3.8) is 0 Å². The molecule has 0 spiro atoms. The quantitative estimate of drug-likeness (QED) is 0.685. The molecule has 0 unspecified atom stereocenters. The summed E-state index contributed by atoms with van der Waals surface area (Å²) in [6.45, 7) is 2.73. The van der Waals surface area contributed by atoms with Crippen LogP contribution in [0.3, 0.4) is 0 Å². The van der Waals surface area contributed by atoms with Crippen molar-refractivity contribution < 1.29 is 19.0 Å². The Morgan fingerprint density at radius 3 is 2.77 bits per heavy atom. The zero-order valence-corrected chi connectivity index (χ0v) is 16.5. The Morgan fingerprint density at radius 2 is 1.87 bits per heavy atom. The van der Waals surface area contributed by atoms with Crippen molar-refractivity contribution in [3.8, 4) is 11.5 Å². The van der Waals surface area contributed by atoms with Crippen LogP contribution in [-0.2, 0) is 16.0 Å². The number of aromatic amines is 1. The number of carbonyl (C=O) groups excluding carboxylic acids is 1. The van der Waals surface area contributed by atoms with Crippen molar-refractivity contribution >= 4 is 16.8 Å². The van der Waals surface area contributed by atoms with Gasteiger partial charge in [0.2, 0.25) is 12.7 Å². The third-order valence-corrected chi connectivity index (χ3v) is 6.26. The normalized spacial score (nSPS) is 22.9. The maximum Gasteiger partial charge on any atom is 0.240 e. The standard InChI is InChI=1S/C23H23N3O4/c27-23(26-7-9-28-10-8-26)18-12-16-15-3-1-2-4-17(15)24-22(16)21(25-18)14-5-6-19-20(11-14)30-13-29-19/h1-6,11,18,21,24-25H,7-10,12-13H2/t18-,21+/m0/s1. The number of nitrogens with zero attached hydrogens (tertiary/aromatic N) is 1. The van der Waals surface area contributed by atoms with Gasteiger partial charge in [-0.1, -0.05) is 24.3 Å². The lowest BCUT2D eigenvalue weighted by Gasteiger charge is -2.35. The van der Waals surface area contributed by atoms with E-state index < -0.39 is 0 Å². The summed E-state index contributed by atoms with van der Waals surface area (Å²) < 4.78 is 16.5. The number of ether oxygens (including phenoxy) is 3. The van der Waals surface area contributed by atoms with E-state index in [2.05, 4.69) is 22.4 Å². The van der Waals surface area contributed by atoms with Crippen LogP contribution in [0.4, 0.5) is 0 Å². The third-order valence-electron chi connectivity index (χ3n) is 6.26. The van der Waals surface area contributed by atoms with Crippen LogP contribution >= 0.6 is 0 Å². The molecule has 2 N–H and O–H groups in total. The van der Waals surface area contributed by atoms with E-state index in [0.717, 1.165) is 28.3 Å². The number of benzene rings is 2. The van der Waals surface area contributed by atoms with E-state index in [-0.39, 0.29) is 24.8 Å². The molecule has 3 aromatic rings. The highest BCUT2D eigenvalue weighted by Crippen LogP contribution is 2.39. The maximum atomic E-state index is 13.3. The molecular formula is C23H23N3O4. The number of hydrogen-bond acceptors (Lipinski definition) is 5. The molecule has 7 nitrogen and oxygen atoms in total. The van der Waals surface area contributed by atoms with Gasteiger partial charge in [-0.3, -0.25) is 10.1 Å². The lowest BCUT2D eigenvalue weighted by Crippen LogP contribution is -2.53. The molecule has 2 atom stereocenters. The second-order valence-electron chi connectivity index (χ2n) is 7.97. The van der Waals surface area contributed by atoms with Crippen molar-refractivity contribution in [1.29, 1.82) is 0 Å². The number of hydrogen-bond donors (Lipinski definition) is 2. The van der Waals surface area contributed by atoms with Crippen molar-refractivity contribution in [2.24, 2.45) is 0 Å². The molecule has 1 fully saturated rings. The predicted octanol–water partition coefficient (Wildman–Crippen LogP) is 2.36. The molecule has 2 aromatic carbocycles. The minimum absolute atomic E-state index is 0.134. The van der Waals surface area contributed by atoms with Crippen molar-refractivity contribution in [1.82, 2.24) is 15.2 Å². The Morgan fingerprint density at radius 1 is 1.03 bits per heavy atom. The van der Waals surface area contributed by atoms with Crippen LogP contribution in [0, 0.1) is 0 Å². The molecule has 3 aliphatic heterocycles. The van der Waals surface area contributed by atoms with Gasteiger partial charge in [-0.2, -0.15) is 0 Å². The summed E-state index contributed by atoms with van der Waals surface area (Å²) in [4.78, 5) is 18.8. The Hall–Kier alpha value is -3.03. The van der Waals surface area contributed by atoms with Crippen molar-refractivity contribution in [3.05, 3.63) is 59.3 Å². The Labute approximate surface area is 173 Å². The number of fused-ring (bicyclic) bond motifs is 4. The molecule has 7 heteroatoms. The van der Waals surface area contributed by atoms with Gasteiger partial charge in [-0.25, -0.2) is 0 Å². The summed E-state index contributed by atoms with van der Waals surface area (Å²) in [5, 5.41) is 4.80. The zero-order valence-electron chi connectivity index (χ0n) is 16.5. The summed E-state index contributed by atoms with van der Waals surface area (Å²) in [5.41, 5.74) is 4.46. The summed E-state index contributed by atoms with van der Waals surface area (Å²) in [7, 11) is 0. The van der Waals surface area contributed by atoms with Gasteiger partial charge in [-0.05, 0) is 35.7 Å². The molecule has 0 aliphatic carbocycles. The molecule has 30 heavy (non-hydrogen) atoms. The minimum Gasteiger partial charge on any atom is -0.454 e. The summed E-state index contributed by atoms with van der Waals surface area (Å²) >= 11 is 0. The van der Waals surface area contributed by atoms with Crippen molar-refractivity contribution in [2.45, 2.75) is 18.5 Å². The molecule has 154 valence electrons. The molecule has 6 rings (SSSR count). The average molecular weight is 405 g/mol. The molecule has 1 saturated heterocycles. The molecule has 0 saturated carbocycles. The fourth-order valence-electron chi connectivity index (χ4n) is 4.75. The number of para-hydroxylation sites is 1. The highest BCUT2D eigenvalue weighted by molar-refractivity contribution is 5.88. The first-order chi connectivity index (χ1) is 14.8. The number of morpholine rings is 1. The Bertz CT molecular complexity index is 1120. The number of nitrogens with one attached hydrogen (secondary N) is 2. The van der Waals surface area contributed by atoms with Crippen molar-refractivity contribution in [2.75, 3.05) is 33.1 Å². The van der Waals surface area contributed by atoms with Crippen LogP contribution in [0.5, 0.6) is 11.5 Å². The Kier molecular flexibility index (Phi) is 4.17. The zero-order chi connectivity index (χ0) is 20.1. The van der Waals surface area contributed by atoms with Crippen LogP contribution < -0.4 is 14.8 Å². The van der Waals surface area contributed by atoms with E-state index in [0.29, 0.717) is 32.7 Å². The number of aromatic nitrogens is 1. The van der Waals surface area contributed by atoms with E-state index in [4.69, 9.17) is 14.2 Å². The lowest BCUT2D eigenvalue weighted by atomic mass is 9.89. The van der Waals surface area contributed by atoms with Crippen LogP contribution in [0.15, 0.2) is 42.5 Å². The molecule has 0 radical (unpaired) electrons. The summed E-state index contributed by atoms with van der Waals surface area (Å²) in [6.07, 6.45) is 0.663.